The molecule has 0 aliphatic rings. The van der Waals surface area contributed by atoms with Crippen LogP contribution in [-0.4, -0.2) is 9.97 Å². The fraction of sp³-hybridized carbons (Fsp3) is 0.286. The maximum Gasteiger partial charge on any atom is 0.256 e. The minimum Gasteiger partial charge on any atom is -0.378 e. The van der Waals surface area contributed by atoms with E-state index < -0.39 is 0 Å². The van der Waals surface area contributed by atoms with Gasteiger partial charge in [0.05, 0.1) is 22.3 Å². The molecule has 0 bridgehead atoms. The number of nitrogens with one attached hydrogen (secondary N) is 2. The van der Waals surface area contributed by atoms with Gasteiger partial charge in [0.15, 0.2) is 0 Å². The molecule has 0 saturated heterocycles. The van der Waals surface area contributed by atoms with Crippen molar-refractivity contribution >= 4 is 33.2 Å². The van der Waals surface area contributed by atoms with Gasteiger partial charge in [-0.1, -0.05) is 11.6 Å². The van der Waals surface area contributed by atoms with Crippen molar-refractivity contribution < 1.29 is 0 Å². The number of benzene rings is 1. The van der Waals surface area contributed by atoms with Crippen molar-refractivity contribution in [1.82, 2.24) is 9.97 Å². The first-order valence-electron chi connectivity index (χ1n) is 6.17. The van der Waals surface area contributed by atoms with Crippen LogP contribution in [0.3, 0.4) is 0 Å². The Bertz CT molecular complexity index is 699. The smallest absolute Gasteiger partial charge is 0.256 e. The van der Waals surface area contributed by atoms with E-state index in [-0.39, 0.29) is 11.6 Å². The fourth-order valence-electron chi connectivity index (χ4n) is 2.15. The number of hydrogen-bond donors (Lipinski definition) is 2. The van der Waals surface area contributed by atoms with Crippen molar-refractivity contribution in [2.24, 2.45) is 0 Å². The average Bonchev–Trinajstić information content (AvgIpc) is 2.32. The Labute approximate surface area is 130 Å². The highest BCUT2D eigenvalue weighted by Crippen LogP contribution is 2.27. The first-order chi connectivity index (χ1) is 9.38. The molecule has 1 heterocycles. The molecule has 0 fully saturated rings. The molecule has 1 aromatic heterocycles. The van der Waals surface area contributed by atoms with Crippen molar-refractivity contribution in [2.75, 3.05) is 5.32 Å². The normalized spacial score (nSPS) is 12.2. The monoisotopic (exact) mass is 355 g/mol. The molecular formula is C14H15BrClN3O. The first kappa shape index (κ1) is 15.1. The lowest BCUT2D eigenvalue weighted by molar-refractivity contribution is 0.814. The third-order valence-electron chi connectivity index (χ3n) is 3.00. The number of aromatic amines is 1. The Morgan fingerprint density at radius 1 is 1.40 bits per heavy atom. The second-order valence-electron chi connectivity index (χ2n) is 4.65. The Balaban J connectivity index is 2.30. The summed E-state index contributed by atoms with van der Waals surface area (Å²) in [5.74, 6) is 0.620. The molecule has 2 rings (SSSR count). The Hall–Kier alpha value is -1.33. The number of aromatic nitrogens is 2. The van der Waals surface area contributed by atoms with Crippen LogP contribution in [0.1, 0.15) is 30.0 Å². The van der Waals surface area contributed by atoms with Gasteiger partial charge in [-0.15, -0.1) is 0 Å². The summed E-state index contributed by atoms with van der Waals surface area (Å²) in [6, 6.07) is 5.41. The maximum atomic E-state index is 12.0. The van der Waals surface area contributed by atoms with Gasteiger partial charge in [-0.3, -0.25) is 4.79 Å². The highest BCUT2D eigenvalue weighted by Gasteiger charge is 2.14. The van der Waals surface area contributed by atoms with Crippen LogP contribution in [-0.2, 0) is 0 Å². The molecule has 4 nitrogen and oxygen atoms in total. The van der Waals surface area contributed by atoms with E-state index in [9.17, 15) is 4.79 Å². The topological polar surface area (TPSA) is 57.8 Å². The SMILES string of the molecule is Cc1nc(C)c(C(C)Nc2ccc(Br)c(Cl)c2)c(=O)[nH]1. The third kappa shape index (κ3) is 3.22. The lowest BCUT2D eigenvalue weighted by Crippen LogP contribution is -2.23. The number of nitrogens with zero attached hydrogens (tertiary/aromatic N) is 1. The highest BCUT2D eigenvalue weighted by atomic mass is 79.9. The van der Waals surface area contributed by atoms with Crippen LogP contribution >= 0.6 is 27.5 Å². The van der Waals surface area contributed by atoms with Gasteiger partial charge < -0.3 is 10.3 Å². The van der Waals surface area contributed by atoms with Crippen LogP contribution in [0.5, 0.6) is 0 Å². The van der Waals surface area contributed by atoms with Gasteiger partial charge in [-0.05, 0) is 54.9 Å². The minimum atomic E-state index is -0.163. The van der Waals surface area contributed by atoms with Gasteiger partial charge in [0, 0.05) is 10.2 Å². The highest BCUT2D eigenvalue weighted by molar-refractivity contribution is 9.10. The van der Waals surface area contributed by atoms with E-state index in [0.29, 0.717) is 16.4 Å². The summed E-state index contributed by atoms with van der Waals surface area (Å²) in [4.78, 5) is 19.1. The number of hydrogen-bond acceptors (Lipinski definition) is 3. The van der Waals surface area contributed by atoms with E-state index in [4.69, 9.17) is 11.6 Å². The van der Waals surface area contributed by atoms with Crippen molar-refractivity contribution in [3.63, 3.8) is 0 Å². The van der Waals surface area contributed by atoms with Gasteiger partial charge >= 0.3 is 0 Å². The van der Waals surface area contributed by atoms with Crippen molar-refractivity contribution in [3.8, 4) is 0 Å². The van der Waals surface area contributed by atoms with E-state index in [0.717, 1.165) is 15.9 Å². The first-order valence-corrected chi connectivity index (χ1v) is 7.34. The standard InChI is InChI=1S/C14H15BrClN3O/c1-7-13(14(20)19-9(3)17-7)8(2)18-10-4-5-11(15)12(16)6-10/h4-6,8,18H,1-3H3,(H,17,19,20). The number of halogens is 2. The molecule has 2 aromatic rings. The van der Waals surface area contributed by atoms with Gasteiger partial charge in [0.2, 0.25) is 0 Å². The molecular weight excluding hydrogens is 342 g/mol. The van der Waals surface area contributed by atoms with Crippen LogP contribution in [0.2, 0.25) is 5.02 Å². The Morgan fingerprint density at radius 3 is 2.70 bits per heavy atom. The molecule has 0 saturated carbocycles. The average molecular weight is 357 g/mol. The fourth-order valence-corrected chi connectivity index (χ4v) is 2.58. The number of rotatable bonds is 3. The van der Waals surface area contributed by atoms with Crippen LogP contribution in [0.25, 0.3) is 0 Å². The second kappa shape index (κ2) is 5.97. The summed E-state index contributed by atoms with van der Waals surface area (Å²) < 4.78 is 0.836. The van der Waals surface area contributed by atoms with Crippen molar-refractivity contribution in [2.45, 2.75) is 26.8 Å². The third-order valence-corrected chi connectivity index (χ3v) is 4.23. The molecule has 0 aliphatic carbocycles. The molecule has 20 heavy (non-hydrogen) atoms. The van der Waals surface area contributed by atoms with E-state index in [2.05, 4.69) is 31.2 Å². The van der Waals surface area contributed by atoms with E-state index >= 15 is 0 Å². The lowest BCUT2D eigenvalue weighted by atomic mass is 10.1. The zero-order valence-electron chi connectivity index (χ0n) is 11.4. The minimum absolute atomic E-state index is 0.113. The van der Waals surface area contributed by atoms with Crippen molar-refractivity contribution in [1.29, 1.82) is 0 Å². The number of aryl methyl sites for hydroxylation is 2. The Morgan fingerprint density at radius 2 is 2.10 bits per heavy atom. The van der Waals surface area contributed by atoms with Gasteiger partial charge in [-0.2, -0.15) is 0 Å². The van der Waals surface area contributed by atoms with Gasteiger partial charge in [0.25, 0.3) is 5.56 Å². The second-order valence-corrected chi connectivity index (χ2v) is 5.91. The summed E-state index contributed by atoms with van der Waals surface area (Å²) in [5, 5.41) is 3.88. The molecule has 0 amide bonds. The van der Waals surface area contributed by atoms with Crippen LogP contribution < -0.4 is 10.9 Å². The summed E-state index contributed by atoms with van der Waals surface area (Å²) >= 11 is 9.41. The quantitative estimate of drug-likeness (QED) is 0.874. The molecule has 0 radical (unpaired) electrons. The number of anilines is 1. The molecule has 1 aromatic carbocycles. The van der Waals surface area contributed by atoms with Crippen LogP contribution in [0.15, 0.2) is 27.5 Å². The molecule has 2 N–H and O–H groups in total. The summed E-state index contributed by atoms with van der Waals surface area (Å²) in [5.41, 5.74) is 2.10. The maximum absolute atomic E-state index is 12.0. The van der Waals surface area contributed by atoms with Crippen molar-refractivity contribution in [3.05, 3.63) is 55.1 Å². The predicted octanol–water partition coefficient (Wildman–Crippen LogP) is 3.98. The molecule has 106 valence electrons. The molecule has 1 atom stereocenters. The molecule has 1 unspecified atom stereocenters. The van der Waals surface area contributed by atoms with Crippen LogP contribution in [0, 0.1) is 13.8 Å². The summed E-state index contributed by atoms with van der Waals surface area (Å²) in [6.45, 7) is 5.53. The zero-order chi connectivity index (χ0) is 14.9. The Kier molecular flexibility index (Phi) is 4.50. The zero-order valence-corrected chi connectivity index (χ0v) is 13.8. The molecule has 6 heteroatoms. The number of H-pyrrole nitrogens is 1. The van der Waals surface area contributed by atoms with Crippen LogP contribution in [0.4, 0.5) is 5.69 Å². The van der Waals surface area contributed by atoms with E-state index in [1.807, 2.05) is 32.0 Å². The van der Waals surface area contributed by atoms with E-state index in [1.165, 1.54) is 0 Å². The summed E-state index contributed by atoms with van der Waals surface area (Å²) in [7, 11) is 0. The van der Waals surface area contributed by atoms with Gasteiger partial charge in [-0.25, -0.2) is 4.98 Å². The van der Waals surface area contributed by atoms with E-state index in [1.54, 1.807) is 6.92 Å². The van der Waals surface area contributed by atoms with Gasteiger partial charge in [0.1, 0.15) is 5.82 Å². The molecule has 0 aliphatic heterocycles. The summed E-state index contributed by atoms with van der Waals surface area (Å²) in [6.07, 6.45) is 0. The predicted molar refractivity (Wildman–Crippen MR) is 85.5 cm³/mol. The largest absolute Gasteiger partial charge is 0.378 e. The lowest BCUT2D eigenvalue weighted by Gasteiger charge is -2.17. The molecule has 0 spiro atoms.